The summed E-state index contributed by atoms with van der Waals surface area (Å²) >= 11 is 0. The van der Waals surface area contributed by atoms with Gasteiger partial charge in [0, 0.05) is 17.1 Å². The summed E-state index contributed by atoms with van der Waals surface area (Å²) in [5.41, 5.74) is -0.0396. The summed E-state index contributed by atoms with van der Waals surface area (Å²) in [5, 5.41) is 6.88. The molecule has 3 nitrogen and oxygen atoms in total. The van der Waals surface area contributed by atoms with Crippen molar-refractivity contribution >= 4 is 5.91 Å². The number of hydrogen-bond acceptors (Lipinski definition) is 2. The highest BCUT2D eigenvalue weighted by Crippen LogP contribution is 2.36. The summed E-state index contributed by atoms with van der Waals surface area (Å²) in [6.45, 7) is 11.0. The zero-order valence-corrected chi connectivity index (χ0v) is 13.2. The Morgan fingerprint density at radius 1 is 1.11 bits per heavy atom. The zero-order valence-electron chi connectivity index (χ0n) is 13.2. The van der Waals surface area contributed by atoms with E-state index in [4.69, 9.17) is 0 Å². The maximum absolute atomic E-state index is 12.5. The standard InChI is InChI=1S/C16H30N2O/c1-11-6-8-12(9-7-11)17-14(19)13-10-15(2,3)18-16(13,4)5/h11-13,18H,6-10H2,1-5H3,(H,17,19). The Kier molecular flexibility index (Phi) is 3.97. The summed E-state index contributed by atoms with van der Waals surface area (Å²) in [5.74, 6) is 1.17. The van der Waals surface area contributed by atoms with Crippen molar-refractivity contribution in [3.05, 3.63) is 0 Å². The summed E-state index contributed by atoms with van der Waals surface area (Å²) in [6.07, 6.45) is 5.73. The van der Waals surface area contributed by atoms with E-state index in [1.807, 2.05) is 0 Å². The van der Waals surface area contributed by atoms with Gasteiger partial charge in [-0.2, -0.15) is 0 Å². The summed E-state index contributed by atoms with van der Waals surface area (Å²) in [6, 6.07) is 0.406. The predicted octanol–water partition coefficient (Wildman–Crippen LogP) is 2.85. The van der Waals surface area contributed by atoms with Crippen LogP contribution in [0.1, 0.15) is 66.7 Å². The van der Waals surface area contributed by atoms with E-state index in [1.54, 1.807) is 0 Å². The molecule has 0 spiro atoms. The Labute approximate surface area is 117 Å². The van der Waals surface area contributed by atoms with E-state index >= 15 is 0 Å². The fraction of sp³-hybridized carbons (Fsp3) is 0.938. The largest absolute Gasteiger partial charge is 0.353 e. The molecule has 0 bridgehead atoms. The van der Waals surface area contributed by atoms with Crippen LogP contribution >= 0.6 is 0 Å². The number of rotatable bonds is 2. The second-order valence-electron chi connectivity index (χ2n) is 7.95. The van der Waals surface area contributed by atoms with Crippen LogP contribution in [0.3, 0.4) is 0 Å². The molecule has 1 amide bonds. The van der Waals surface area contributed by atoms with Crippen LogP contribution in [0.25, 0.3) is 0 Å². The summed E-state index contributed by atoms with van der Waals surface area (Å²) in [7, 11) is 0. The van der Waals surface area contributed by atoms with Gasteiger partial charge < -0.3 is 10.6 Å². The number of nitrogens with one attached hydrogen (secondary N) is 2. The zero-order chi connectivity index (χ0) is 14.3. The molecule has 0 aromatic heterocycles. The third-order valence-electron chi connectivity index (χ3n) is 4.92. The minimum Gasteiger partial charge on any atom is -0.353 e. The fourth-order valence-corrected chi connectivity index (χ4v) is 3.90. The van der Waals surface area contributed by atoms with E-state index in [9.17, 15) is 4.79 Å². The van der Waals surface area contributed by atoms with E-state index in [0.29, 0.717) is 6.04 Å². The van der Waals surface area contributed by atoms with Crippen molar-refractivity contribution in [3.63, 3.8) is 0 Å². The van der Waals surface area contributed by atoms with Crippen LogP contribution in [0.2, 0.25) is 0 Å². The lowest BCUT2D eigenvalue weighted by atomic mass is 9.84. The molecular formula is C16H30N2O. The maximum atomic E-state index is 12.5. The predicted molar refractivity (Wildman–Crippen MR) is 79.0 cm³/mol. The van der Waals surface area contributed by atoms with Crippen molar-refractivity contribution in [3.8, 4) is 0 Å². The minimum atomic E-state index is -0.102. The van der Waals surface area contributed by atoms with Crippen molar-refractivity contribution < 1.29 is 4.79 Å². The van der Waals surface area contributed by atoms with E-state index in [-0.39, 0.29) is 22.9 Å². The Balaban J connectivity index is 1.93. The van der Waals surface area contributed by atoms with Crippen molar-refractivity contribution in [2.75, 3.05) is 0 Å². The van der Waals surface area contributed by atoms with Crippen molar-refractivity contribution in [2.24, 2.45) is 11.8 Å². The number of amides is 1. The Hall–Kier alpha value is -0.570. The van der Waals surface area contributed by atoms with Crippen LogP contribution in [0, 0.1) is 11.8 Å². The van der Waals surface area contributed by atoms with Crippen LogP contribution in [0.4, 0.5) is 0 Å². The third-order valence-corrected chi connectivity index (χ3v) is 4.92. The molecule has 1 aliphatic heterocycles. The first-order chi connectivity index (χ1) is 8.70. The van der Waals surface area contributed by atoms with Gasteiger partial charge in [-0.15, -0.1) is 0 Å². The lowest BCUT2D eigenvalue weighted by Crippen LogP contribution is -2.50. The normalized spacial score (nSPS) is 37.0. The molecule has 0 aromatic carbocycles. The molecule has 1 aliphatic carbocycles. The van der Waals surface area contributed by atoms with Crippen LogP contribution in [-0.4, -0.2) is 23.0 Å². The smallest absolute Gasteiger partial charge is 0.225 e. The van der Waals surface area contributed by atoms with Gasteiger partial charge in [-0.05, 0) is 65.7 Å². The molecule has 19 heavy (non-hydrogen) atoms. The molecule has 110 valence electrons. The molecule has 2 aliphatic rings. The second-order valence-corrected chi connectivity index (χ2v) is 7.95. The van der Waals surface area contributed by atoms with E-state index in [2.05, 4.69) is 45.3 Å². The Bertz CT molecular complexity index is 341. The van der Waals surface area contributed by atoms with Gasteiger partial charge in [-0.3, -0.25) is 4.79 Å². The molecule has 1 atom stereocenters. The lowest BCUT2D eigenvalue weighted by Gasteiger charge is -2.31. The maximum Gasteiger partial charge on any atom is 0.225 e. The van der Waals surface area contributed by atoms with Gasteiger partial charge in [0.15, 0.2) is 0 Å². The van der Waals surface area contributed by atoms with E-state index in [0.717, 1.165) is 25.2 Å². The Morgan fingerprint density at radius 3 is 2.16 bits per heavy atom. The first-order valence-corrected chi connectivity index (χ1v) is 7.79. The average molecular weight is 266 g/mol. The fourth-order valence-electron chi connectivity index (χ4n) is 3.90. The SMILES string of the molecule is CC1CCC(NC(=O)C2CC(C)(C)NC2(C)C)CC1. The van der Waals surface area contributed by atoms with Crippen LogP contribution in [0.5, 0.6) is 0 Å². The monoisotopic (exact) mass is 266 g/mol. The van der Waals surface area contributed by atoms with E-state index in [1.165, 1.54) is 12.8 Å². The third kappa shape index (κ3) is 3.50. The van der Waals surface area contributed by atoms with Gasteiger partial charge >= 0.3 is 0 Å². The number of carbonyl (C=O) groups is 1. The van der Waals surface area contributed by atoms with Gasteiger partial charge in [-0.25, -0.2) is 0 Å². The molecule has 1 heterocycles. The van der Waals surface area contributed by atoms with Crippen molar-refractivity contribution in [1.82, 2.24) is 10.6 Å². The van der Waals surface area contributed by atoms with Gasteiger partial charge in [0.25, 0.3) is 0 Å². The topological polar surface area (TPSA) is 41.1 Å². The van der Waals surface area contributed by atoms with Gasteiger partial charge in [0.05, 0.1) is 5.92 Å². The average Bonchev–Trinajstić information content (AvgIpc) is 2.50. The molecular weight excluding hydrogens is 236 g/mol. The molecule has 1 saturated carbocycles. The summed E-state index contributed by atoms with van der Waals surface area (Å²) < 4.78 is 0. The molecule has 0 radical (unpaired) electrons. The summed E-state index contributed by atoms with van der Waals surface area (Å²) in [4.78, 5) is 12.5. The quantitative estimate of drug-likeness (QED) is 0.807. The highest BCUT2D eigenvalue weighted by atomic mass is 16.2. The van der Waals surface area contributed by atoms with Gasteiger partial charge in [0.1, 0.15) is 0 Å². The van der Waals surface area contributed by atoms with E-state index < -0.39 is 0 Å². The number of hydrogen-bond donors (Lipinski definition) is 2. The van der Waals surface area contributed by atoms with Crippen LogP contribution in [-0.2, 0) is 4.79 Å². The molecule has 1 saturated heterocycles. The van der Waals surface area contributed by atoms with Crippen molar-refractivity contribution in [1.29, 1.82) is 0 Å². The molecule has 2 fully saturated rings. The molecule has 2 rings (SSSR count). The lowest BCUT2D eigenvalue weighted by molar-refractivity contribution is -0.127. The highest BCUT2D eigenvalue weighted by molar-refractivity contribution is 5.81. The first-order valence-electron chi connectivity index (χ1n) is 7.79. The molecule has 1 unspecified atom stereocenters. The molecule has 0 aromatic rings. The number of carbonyl (C=O) groups excluding carboxylic acids is 1. The molecule has 2 N–H and O–H groups in total. The van der Waals surface area contributed by atoms with Crippen LogP contribution < -0.4 is 10.6 Å². The van der Waals surface area contributed by atoms with Gasteiger partial charge in [-0.1, -0.05) is 6.92 Å². The minimum absolute atomic E-state index is 0.0621. The van der Waals surface area contributed by atoms with Crippen LogP contribution in [0.15, 0.2) is 0 Å². The Morgan fingerprint density at radius 2 is 1.68 bits per heavy atom. The van der Waals surface area contributed by atoms with Crippen molar-refractivity contribution in [2.45, 2.75) is 83.8 Å². The highest BCUT2D eigenvalue weighted by Gasteiger charge is 2.47. The van der Waals surface area contributed by atoms with Gasteiger partial charge in [0.2, 0.25) is 5.91 Å². The molecule has 3 heteroatoms. The second kappa shape index (κ2) is 5.08. The first kappa shape index (κ1) is 14.8.